The first-order valence-electron chi connectivity index (χ1n) is 7.03. The highest BCUT2D eigenvalue weighted by molar-refractivity contribution is 6.31. The van der Waals surface area contributed by atoms with Gasteiger partial charge in [0.2, 0.25) is 0 Å². The highest BCUT2D eigenvalue weighted by atomic mass is 35.5. The van der Waals surface area contributed by atoms with Gasteiger partial charge in [0.15, 0.2) is 0 Å². The minimum Gasteiger partial charge on any atom is -0.384 e. The fraction of sp³-hybridized carbons (Fsp3) is 0.562. The van der Waals surface area contributed by atoms with Crippen LogP contribution in [0, 0.1) is 5.41 Å². The van der Waals surface area contributed by atoms with Crippen LogP contribution in [-0.2, 0) is 0 Å². The van der Waals surface area contributed by atoms with Crippen molar-refractivity contribution in [2.24, 2.45) is 5.41 Å². The normalized spacial score (nSPS) is 11.3. The summed E-state index contributed by atoms with van der Waals surface area (Å²) in [6.07, 6.45) is 1.01. The average Bonchev–Trinajstić information content (AvgIpc) is 2.34. The molecule has 0 spiro atoms. The molecule has 0 saturated carbocycles. The first-order chi connectivity index (χ1) is 9.24. The van der Waals surface area contributed by atoms with E-state index in [1.54, 1.807) is 17.0 Å². The molecule has 4 heteroatoms. The predicted molar refractivity (Wildman–Crippen MR) is 86.6 cm³/mol. The van der Waals surface area contributed by atoms with Gasteiger partial charge in [0.05, 0.1) is 5.56 Å². The number of amides is 1. The number of hydrogen-bond donors (Lipinski definition) is 1. The predicted octanol–water partition coefficient (Wildman–Crippen LogP) is 4.28. The van der Waals surface area contributed by atoms with Gasteiger partial charge in [-0.05, 0) is 30.0 Å². The summed E-state index contributed by atoms with van der Waals surface area (Å²) in [6.45, 7) is 9.98. The van der Waals surface area contributed by atoms with Gasteiger partial charge in [-0.3, -0.25) is 4.79 Å². The van der Waals surface area contributed by atoms with Crippen molar-refractivity contribution in [3.8, 4) is 0 Å². The third-order valence-electron chi connectivity index (χ3n) is 2.84. The van der Waals surface area contributed by atoms with Crippen molar-refractivity contribution in [3.63, 3.8) is 0 Å². The van der Waals surface area contributed by atoms with Crippen molar-refractivity contribution in [2.75, 3.05) is 25.5 Å². The molecule has 20 heavy (non-hydrogen) atoms. The fourth-order valence-corrected chi connectivity index (χ4v) is 2.27. The summed E-state index contributed by atoms with van der Waals surface area (Å²) in [5.74, 6) is 0.000952. The molecule has 0 heterocycles. The van der Waals surface area contributed by atoms with Gasteiger partial charge in [0.25, 0.3) is 5.91 Å². The lowest BCUT2D eigenvalue weighted by Crippen LogP contribution is -2.34. The van der Waals surface area contributed by atoms with Gasteiger partial charge < -0.3 is 10.2 Å². The third kappa shape index (κ3) is 5.04. The Balaban J connectivity index is 2.98. The van der Waals surface area contributed by atoms with E-state index in [1.165, 1.54) is 0 Å². The molecular formula is C16H25ClN2O. The summed E-state index contributed by atoms with van der Waals surface area (Å²) in [5.41, 5.74) is 1.56. The molecular weight excluding hydrogens is 272 g/mol. The molecule has 0 bridgehead atoms. The number of anilines is 1. The van der Waals surface area contributed by atoms with Crippen LogP contribution >= 0.6 is 11.6 Å². The summed E-state index contributed by atoms with van der Waals surface area (Å²) in [5, 5.41) is 3.87. The second-order valence-electron chi connectivity index (χ2n) is 6.34. The van der Waals surface area contributed by atoms with Crippen LogP contribution in [0.4, 0.5) is 5.69 Å². The van der Waals surface area contributed by atoms with Crippen LogP contribution in [0.3, 0.4) is 0 Å². The minimum atomic E-state index is 0.000952. The molecule has 0 saturated heterocycles. The highest BCUT2D eigenvalue weighted by Gasteiger charge is 2.21. The zero-order valence-corrected chi connectivity index (χ0v) is 13.8. The van der Waals surface area contributed by atoms with Crippen molar-refractivity contribution >= 4 is 23.2 Å². The summed E-state index contributed by atoms with van der Waals surface area (Å²) in [7, 11) is 1.83. The lowest BCUT2D eigenvalue weighted by Gasteiger charge is -2.27. The molecule has 1 N–H and O–H groups in total. The summed E-state index contributed by atoms with van der Waals surface area (Å²) >= 11 is 6.03. The Labute approximate surface area is 127 Å². The van der Waals surface area contributed by atoms with Gasteiger partial charge in [-0.2, -0.15) is 0 Å². The Morgan fingerprint density at radius 2 is 2.00 bits per heavy atom. The van der Waals surface area contributed by atoms with Crippen LogP contribution in [0.1, 0.15) is 44.5 Å². The Morgan fingerprint density at radius 3 is 2.55 bits per heavy atom. The number of halogens is 1. The van der Waals surface area contributed by atoms with Crippen LogP contribution in [0.5, 0.6) is 0 Å². The molecule has 0 aliphatic heterocycles. The molecule has 0 aliphatic carbocycles. The number of nitrogens with one attached hydrogen (secondary N) is 1. The molecule has 3 nitrogen and oxygen atoms in total. The Bertz CT molecular complexity index is 466. The van der Waals surface area contributed by atoms with E-state index < -0.39 is 0 Å². The zero-order chi connectivity index (χ0) is 15.3. The molecule has 1 aromatic carbocycles. The molecule has 0 unspecified atom stereocenters. The van der Waals surface area contributed by atoms with E-state index in [1.807, 2.05) is 13.1 Å². The maximum atomic E-state index is 12.6. The Morgan fingerprint density at radius 1 is 1.35 bits per heavy atom. The Hall–Kier alpha value is -1.22. The maximum Gasteiger partial charge on any atom is 0.255 e. The van der Waals surface area contributed by atoms with Crippen molar-refractivity contribution in [2.45, 2.75) is 34.1 Å². The van der Waals surface area contributed by atoms with Crippen molar-refractivity contribution < 1.29 is 4.79 Å². The van der Waals surface area contributed by atoms with E-state index in [9.17, 15) is 4.79 Å². The quantitative estimate of drug-likeness (QED) is 0.879. The van der Waals surface area contributed by atoms with Crippen LogP contribution in [-0.4, -0.2) is 30.9 Å². The Kier molecular flexibility index (Phi) is 5.88. The molecule has 112 valence electrons. The van der Waals surface area contributed by atoms with E-state index in [4.69, 9.17) is 11.6 Å². The van der Waals surface area contributed by atoms with E-state index in [2.05, 4.69) is 33.0 Å². The van der Waals surface area contributed by atoms with Crippen molar-refractivity contribution in [1.82, 2.24) is 4.90 Å². The topological polar surface area (TPSA) is 32.3 Å². The zero-order valence-electron chi connectivity index (χ0n) is 13.1. The summed E-state index contributed by atoms with van der Waals surface area (Å²) in [6, 6.07) is 5.41. The number of nitrogens with zero attached hydrogens (tertiary/aromatic N) is 1. The largest absolute Gasteiger partial charge is 0.384 e. The number of benzene rings is 1. The third-order valence-corrected chi connectivity index (χ3v) is 3.07. The van der Waals surface area contributed by atoms with Crippen LogP contribution < -0.4 is 5.32 Å². The average molecular weight is 297 g/mol. The van der Waals surface area contributed by atoms with E-state index in [-0.39, 0.29) is 11.3 Å². The second kappa shape index (κ2) is 6.98. The summed E-state index contributed by atoms with van der Waals surface area (Å²) < 4.78 is 0. The summed E-state index contributed by atoms with van der Waals surface area (Å²) in [4.78, 5) is 14.3. The molecule has 1 aromatic rings. The molecule has 0 radical (unpaired) electrons. The molecule has 1 amide bonds. The number of rotatable bonds is 5. The van der Waals surface area contributed by atoms with Crippen LogP contribution in [0.25, 0.3) is 0 Å². The number of carbonyl (C=O) groups excluding carboxylic acids is 1. The molecule has 0 aliphatic rings. The van der Waals surface area contributed by atoms with Crippen molar-refractivity contribution in [1.29, 1.82) is 0 Å². The van der Waals surface area contributed by atoms with Gasteiger partial charge in [0.1, 0.15) is 0 Å². The number of carbonyl (C=O) groups is 1. The SMILES string of the molecule is CCCNc1ccc(Cl)cc1C(=O)N(C)CC(C)(C)C. The maximum absolute atomic E-state index is 12.6. The van der Waals surface area contributed by atoms with Gasteiger partial charge in [0, 0.05) is 30.8 Å². The van der Waals surface area contributed by atoms with Gasteiger partial charge >= 0.3 is 0 Å². The molecule has 0 aromatic heterocycles. The second-order valence-corrected chi connectivity index (χ2v) is 6.77. The monoisotopic (exact) mass is 296 g/mol. The highest BCUT2D eigenvalue weighted by Crippen LogP contribution is 2.23. The standard InChI is InChI=1S/C16H25ClN2O/c1-6-9-18-14-8-7-12(17)10-13(14)15(20)19(5)11-16(2,3)4/h7-8,10,18H,6,9,11H2,1-5H3. The van der Waals surface area contributed by atoms with E-state index >= 15 is 0 Å². The smallest absolute Gasteiger partial charge is 0.255 e. The first-order valence-corrected chi connectivity index (χ1v) is 7.41. The molecule has 0 atom stereocenters. The van der Waals surface area contributed by atoms with Gasteiger partial charge in [-0.15, -0.1) is 0 Å². The van der Waals surface area contributed by atoms with Gasteiger partial charge in [-0.1, -0.05) is 39.3 Å². The van der Waals surface area contributed by atoms with E-state index in [0.29, 0.717) is 17.1 Å². The molecule has 1 rings (SSSR count). The molecule has 0 fully saturated rings. The van der Waals surface area contributed by atoms with Gasteiger partial charge in [-0.25, -0.2) is 0 Å². The van der Waals surface area contributed by atoms with Crippen LogP contribution in [0.2, 0.25) is 5.02 Å². The fourth-order valence-electron chi connectivity index (χ4n) is 2.10. The number of hydrogen-bond acceptors (Lipinski definition) is 2. The lowest BCUT2D eigenvalue weighted by atomic mass is 9.96. The lowest BCUT2D eigenvalue weighted by molar-refractivity contribution is 0.0746. The van der Waals surface area contributed by atoms with Crippen LogP contribution in [0.15, 0.2) is 18.2 Å². The van der Waals surface area contributed by atoms with Crippen molar-refractivity contribution in [3.05, 3.63) is 28.8 Å². The van der Waals surface area contributed by atoms with E-state index in [0.717, 1.165) is 18.7 Å². The first kappa shape index (κ1) is 16.8. The minimum absolute atomic E-state index is 0.000952.